The Morgan fingerprint density at radius 2 is 1.82 bits per heavy atom. The van der Waals surface area contributed by atoms with Gasteiger partial charge in [-0.3, -0.25) is 0 Å². The van der Waals surface area contributed by atoms with E-state index in [9.17, 15) is 4.79 Å². The van der Waals surface area contributed by atoms with E-state index in [1.807, 2.05) is 25.7 Å². The molecule has 0 bridgehead atoms. The minimum absolute atomic E-state index is 0.0561. The Kier molecular flexibility index (Phi) is 4.07. The van der Waals surface area contributed by atoms with Crippen molar-refractivity contribution in [3.63, 3.8) is 0 Å². The van der Waals surface area contributed by atoms with Gasteiger partial charge in [0.15, 0.2) is 0 Å². The monoisotopic (exact) mass is 242 g/mol. The summed E-state index contributed by atoms with van der Waals surface area (Å²) in [4.78, 5) is 13.9. The van der Waals surface area contributed by atoms with Gasteiger partial charge in [0.25, 0.3) is 0 Å². The first-order chi connectivity index (χ1) is 7.64. The zero-order valence-electron chi connectivity index (χ0n) is 11.7. The van der Waals surface area contributed by atoms with Crippen molar-refractivity contribution in [2.24, 2.45) is 11.1 Å². The van der Waals surface area contributed by atoms with Crippen LogP contribution in [0.5, 0.6) is 0 Å². The van der Waals surface area contributed by atoms with Crippen LogP contribution in [-0.4, -0.2) is 35.7 Å². The number of ether oxygens (including phenoxy) is 1. The molecule has 0 spiro atoms. The topological polar surface area (TPSA) is 55.6 Å². The summed E-state index contributed by atoms with van der Waals surface area (Å²) in [5.74, 6) is 0. The minimum Gasteiger partial charge on any atom is -0.444 e. The minimum atomic E-state index is -0.433. The number of carbonyl (C=O) groups is 1. The van der Waals surface area contributed by atoms with Crippen molar-refractivity contribution in [3.05, 3.63) is 0 Å². The first-order valence-electron chi connectivity index (χ1n) is 6.34. The van der Waals surface area contributed by atoms with Gasteiger partial charge in [0, 0.05) is 12.6 Å². The summed E-state index contributed by atoms with van der Waals surface area (Å²) in [5.41, 5.74) is 5.23. The molecule has 0 unspecified atom stereocenters. The molecular formula is C13H26N2O2. The summed E-state index contributed by atoms with van der Waals surface area (Å²) in [6.45, 7) is 11.1. The van der Waals surface area contributed by atoms with Crippen LogP contribution in [0.3, 0.4) is 0 Å². The molecule has 0 atom stereocenters. The Bertz CT molecular complexity index is 278. The van der Waals surface area contributed by atoms with Crippen molar-refractivity contribution < 1.29 is 9.53 Å². The summed E-state index contributed by atoms with van der Waals surface area (Å²) in [5, 5.41) is 0. The van der Waals surface area contributed by atoms with Crippen LogP contribution in [-0.2, 0) is 4.74 Å². The third-order valence-electron chi connectivity index (χ3n) is 2.77. The summed E-state index contributed by atoms with van der Waals surface area (Å²) >= 11 is 0. The fraction of sp³-hybridized carbons (Fsp3) is 0.923. The largest absolute Gasteiger partial charge is 0.444 e. The molecule has 1 aliphatic carbocycles. The van der Waals surface area contributed by atoms with Crippen molar-refractivity contribution in [1.29, 1.82) is 0 Å². The van der Waals surface area contributed by atoms with E-state index in [1.54, 1.807) is 0 Å². The number of carbonyl (C=O) groups excluding carboxylic acids is 1. The molecule has 4 nitrogen and oxygen atoms in total. The lowest BCUT2D eigenvalue weighted by molar-refractivity contribution is 0.0164. The van der Waals surface area contributed by atoms with E-state index < -0.39 is 5.60 Å². The van der Waals surface area contributed by atoms with Gasteiger partial charge in [0.1, 0.15) is 5.60 Å². The zero-order chi connectivity index (χ0) is 13.3. The number of hydrogen-bond donors (Lipinski definition) is 1. The molecule has 1 fully saturated rings. The molecule has 2 N–H and O–H groups in total. The van der Waals surface area contributed by atoms with Gasteiger partial charge >= 0.3 is 6.09 Å². The summed E-state index contributed by atoms with van der Waals surface area (Å²) in [7, 11) is 0. The molecule has 1 saturated carbocycles. The molecule has 0 aromatic heterocycles. The smallest absolute Gasteiger partial charge is 0.410 e. The molecular weight excluding hydrogens is 216 g/mol. The average Bonchev–Trinajstić information content (AvgIpc) is 2.94. The van der Waals surface area contributed by atoms with E-state index in [0.29, 0.717) is 19.1 Å². The molecule has 4 heteroatoms. The Labute approximate surface area is 104 Å². The molecule has 0 heterocycles. The van der Waals surface area contributed by atoms with Crippen LogP contribution in [0, 0.1) is 5.41 Å². The molecule has 100 valence electrons. The molecule has 1 amide bonds. The molecule has 0 radical (unpaired) electrons. The molecule has 0 aromatic carbocycles. The van der Waals surface area contributed by atoms with E-state index >= 15 is 0 Å². The lowest BCUT2D eigenvalue weighted by Gasteiger charge is -2.33. The lowest BCUT2D eigenvalue weighted by Crippen LogP contribution is -2.45. The highest BCUT2D eigenvalue weighted by atomic mass is 16.6. The predicted molar refractivity (Wildman–Crippen MR) is 68.8 cm³/mol. The standard InChI is InChI=1S/C13H26N2O2/c1-12(2,3)17-11(16)15(10-6-7-10)9-13(4,5)8-14/h10H,6-9,14H2,1-5H3. The first kappa shape index (κ1) is 14.3. The maximum absolute atomic E-state index is 12.1. The Morgan fingerprint density at radius 1 is 1.29 bits per heavy atom. The van der Waals surface area contributed by atoms with E-state index in [2.05, 4.69) is 13.8 Å². The average molecular weight is 242 g/mol. The summed E-state index contributed by atoms with van der Waals surface area (Å²) in [6, 6.07) is 0.357. The lowest BCUT2D eigenvalue weighted by atomic mass is 9.93. The fourth-order valence-electron chi connectivity index (χ4n) is 1.58. The number of nitrogens with two attached hydrogens (primary N) is 1. The van der Waals surface area contributed by atoms with E-state index in [1.165, 1.54) is 0 Å². The first-order valence-corrected chi connectivity index (χ1v) is 6.34. The van der Waals surface area contributed by atoms with Gasteiger partial charge in [-0.25, -0.2) is 4.79 Å². The summed E-state index contributed by atoms with van der Waals surface area (Å²) in [6.07, 6.45) is 1.96. The van der Waals surface area contributed by atoms with Crippen LogP contribution in [0.2, 0.25) is 0 Å². The van der Waals surface area contributed by atoms with Gasteiger partial charge in [-0.1, -0.05) is 13.8 Å². The van der Waals surface area contributed by atoms with Crippen molar-refractivity contribution in [2.75, 3.05) is 13.1 Å². The zero-order valence-corrected chi connectivity index (χ0v) is 11.7. The highest BCUT2D eigenvalue weighted by molar-refractivity contribution is 5.69. The van der Waals surface area contributed by atoms with Gasteiger partial charge in [0.2, 0.25) is 0 Å². The number of rotatable bonds is 4. The fourth-order valence-corrected chi connectivity index (χ4v) is 1.58. The Balaban J connectivity index is 2.63. The van der Waals surface area contributed by atoms with Crippen LogP contribution in [0.1, 0.15) is 47.5 Å². The van der Waals surface area contributed by atoms with Gasteiger partial charge in [-0.05, 0) is 45.6 Å². The molecule has 1 rings (SSSR count). The number of hydrogen-bond acceptors (Lipinski definition) is 3. The summed E-state index contributed by atoms with van der Waals surface area (Å²) < 4.78 is 5.44. The second-order valence-corrected chi connectivity index (χ2v) is 6.71. The van der Waals surface area contributed by atoms with Crippen LogP contribution < -0.4 is 5.73 Å². The maximum Gasteiger partial charge on any atom is 0.410 e. The van der Waals surface area contributed by atoms with Crippen molar-refractivity contribution in [3.8, 4) is 0 Å². The van der Waals surface area contributed by atoms with Crippen LogP contribution in [0.15, 0.2) is 0 Å². The molecule has 0 aromatic rings. The second kappa shape index (κ2) is 4.84. The van der Waals surface area contributed by atoms with Crippen LogP contribution in [0.4, 0.5) is 4.79 Å². The second-order valence-electron chi connectivity index (χ2n) is 6.71. The molecule has 0 aliphatic heterocycles. The van der Waals surface area contributed by atoms with E-state index in [4.69, 9.17) is 10.5 Å². The van der Waals surface area contributed by atoms with Crippen molar-refractivity contribution in [2.45, 2.75) is 59.1 Å². The Morgan fingerprint density at radius 3 is 2.18 bits per heavy atom. The highest BCUT2D eigenvalue weighted by Crippen LogP contribution is 2.31. The molecule has 17 heavy (non-hydrogen) atoms. The van der Waals surface area contributed by atoms with Crippen LogP contribution in [0.25, 0.3) is 0 Å². The normalized spacial score (nSPS) is 16.8. The van der Waals surface area contributed by atoms with Crippen LogP contribution >= 0.6 is 0 Å². The third kappa shape index (κ3) is 4.94. The van der Waals surface area contributed by atoms with E-state index in [-0.39, 0.29) is 11.5 Å². The molecule has 0 saturated heterocycles. The number of amides is 1. The van der Waals surface area contributed by atoms with Gasteiger partial charge < -0.3 is 15.4 Å². The predicted octanol–water partition coefficient (Wildman–Crippen LogP) is 2.37. The quantitative estimate of drug-likeness (QED) is 0.823. The number of nitrogens with zero attached hydrogens (tertiary/aromatic N) is 1. The van der Waals surface area contributed by atoms with Crippen molar-refractivity contribution >= 4 is 6.09 Å². The third-order valence-corrected chi connectivity index (χ3v) is 2.77. The van der Waals surface area contributed by atoms with Gasteiger partial charge in [-0.15, -0.1) is 0 Å². The van der Waals surface area contributed by atoms with Crippen molar-refractivity contribution in [1.82, 2.24) is 4.90 Å². The molecule has 1 aliphatic rings. The van der Waals surface area contributed by atoms with E-state index in [0.717, 1.165) is 12.8 Å². The van der Waals surface area contributed by atoms with Gasteiger partial charge in [-0.2, -0.15) is 0 Å². The SMILES string of the molecule is CC(C)(CN)CN(C(=O)OC(C)(C)C)C1CC1. The Hall–Kier alpha value is -0.770. The van der Waals surface area contributed by atoms with Gasteiger partial charge in [0.05, 0.1) is 0 Å². The maximum atomic E-state index is 12.1. The highest BCUT2D eigenvalue weighted by Gasteiger charge is 2.37.